The molecule has 0 spiro atoms. The third-order valence-electron chi connectivity index (χ3n) is 5.21. The SMILES string of the molecule is CCCc1nc(C(F)(F)CCC)nn1Cc1ccc(-c2cccc(-c3nnn[nH]3)c2)cc1. The highest BCUT2D eigenvalue weighted by Gasteiger charge is 2.36. The Kier molecular flexibility index (Phi) is 6.34. The van der Waals surface area contributed by atoms with E-state index in [0.717, 1.165) is 28.7 Å². The molecule has 2 heterocycles. The van der Waals surface area contributed by atoms with E-state index >= 15 is 0 Å². The maximum atomic E-state index is 14.4. The highest BCUT2D eigenvalue weighted by atomic mass is 19.3. The van der Waals surface area contributed by atoms with Gasteiger partial charge in [-0.15, -0.1) is 10.2 Å². The zero-order chi connectivity index (χ0) is 22.6. The van der Waals surface area contributed by atoms with Gasteiger partial charge in [-0.25, -0.2) is 14.8 Å². The van der Waals surface area contributed by atoms with Crippen LogP contribution in [-0.2, 0) is 18.9 Å². The number of rotatable bonds is 9. The van der Waals surface area contributed by atoms with E-state index in [1.165, 1.54) is 0 Å². The molecule has 0 aliphatic heterocycles. The molecule has 0 radical (unpaired) electrons. The number of aryl methyl sites for hydroxylation is 1. The molecule has 166 valence electrons. The second-order valence-electron chi connectivity index (χ2n) is 7.74. The van der Waals surface area contributed by atoms with Crippen molar-refractivity contribution < 1.29 is 8.78 Å². The van der Waals surface area contributed by atoms with Crippen molar-refractivity contribution in [2.45, 2.75) is 52.0 Å². The van der Waals surface area contributed by atoms with E-state index in [9.17, 15) is 8.78 Å². The van der Waals surface area contributed by atoms with Crippen molar-refractivity contribution in [2.24, 2.45) is 0 Å². The first kappa shape index (κ1) is 21.7. The fourth-order valence-electron chi connectivity index (χ4n) is 3.59. The van der Waals surface area contributed by atoms with E-state index in [1.54, 1.807) is 11.6 Å². The van der Waals surface area contributed by atoms with Crippen molar-refractivity contribution in [2.75, 3.05) is 0 Å². The average molecular weight is 437 g/mol. The molecule has 2 aromatic heterocycles. The van der Waals surface area contributed by atoms with E-state index in [1.807, 2.05) is 55.5 Å². The second-order valence-corrected chi connectivity index (χ2v) is 7.74. The topological polar surface area (TPSA) is 85.2 Å². The minimum Gasteiger partial charge on any atom is -0.245 e. The second kappa shape index (κ2) is 9.33. The first-order valence-corrected chi connectivity index (χ1v) is 10.8. The van der Waals surface area contributed by atoms with Crippen LogP contribution in [0, 0.1) is 0 Å². The van der Waals surface area contributed by atoms with E-state index in [2.05, 4.69) is 30.7 Å². The smallest absolute Gasteiger partial charge is 0.245 e. The summed E-state index contributed by atoms with van der Waals surface area (Å²) < 4.78 is 30.3. The van der Waals surface area contributed by atoms with Gasteiger partial charge in [0.05, 0.1) is 6.54 Å². The predicted octanol–water partition coefficient (Wildman–Crippen LogP) is 5.02. The quantitative estimate of drug-likeness (QED) is 0.397. The molecule has 0 saturated carbocycles. The summed E-state index contributed by atoms with van der Waals surface area (Å²) in [4.78, 5) is 4.17. The van der Waals surface area contributed by atoms with Gasteiger partial charge >= 0.3 is 5.92 Å². The first-order valence-electron chi connectivity index (χ1n) is 10.8. The molecule has 2 aromatic carbocycles. The van der Waals surface area contributed by atoms with Crippen LogP contribution < -0.4 is 0 Å². The summed E-state index contributed by atoms with van der Waals surface area (Å²) in [5, 5.41) is 18.1. The Bertz CT molecular complexity index is 1150. The normalized spacial score (nSPS) is 11.8. The molecule has 0 saturated heterocycles. The molecule has 0 atom stereocenters. The Morgan fingerprint density at radius 1 is 0.969 bits per heavy atom. The number of nitrogens with zero attached hydrogens (tertiary/aromatic N) is 6. The Labute approximate surface area is 184 Å². The van der Waals surface area contributed by atoms with Crippen LogP contribution in [0.4, 0.5) is 8.78 Å². The highest BCUT2D eigenvalue weighted by Crippen LogP contribution is 2.31. The third kappa shape index (κ3) is 4.71. The monoisotopic (exact) mass is 437 g/mol. The molecule has 0 aliphatic rings. The third-order valence-corrected chi connectivity index (χ3v) is 5.21. The minimum atomic E-state index is -3.00. The molecule has 32 heavy (non-hydrogen) atoms. The van der Waals surface area contributed by atoms with E-state index in [4.69, 9.17) is 0 Å². The van der Waals surface area contributed by atoms with Gasteiger partial charge in [-0.2, -0.15) is 8.78 Å². The van der Waals surface area contributed by atoms with Crippen molar-refractivity contribution in [3.8, 4) is 22.5 Å². The summed E-state index contributed by atoms with van der Waals surface area (Å²) in [5.74, 6) is -2.18. The molecule has 0 bridgehead atoms. The Morgan fingerprint density at radius 3 is 2.44 bits per heavy atom. The van der Waals surface area contributed by atoms with Gasteiger partial charge < -0.3 is 0 Å². The number of aromatic amines is 1. The Morgan fingerprint density at radius 2 is 1.75 bits per heavy atom. The fraction of sp³-hybridized carbons (Fsp3) is 0.348. The van der Waals surface area contributed by atoms with Crippen LogP contribution in [-0.4, -0.2) is 35.4 Å². The van der Waals surface area contributed by atoms with Crippen molar-refractivity contribution in [3.63, 3.8) is 0 Å². The van der Waals surface area contributed by atoms with Gasteiger partial charge in [-0.1, -0.05) is 56.3 Å². The van der Waals surface area contributed by atoms with Gasteiger partial charge in [0.25, 0.3) is 0 Å². The minimum absolute atomic E-state index is 0.250. The molecular weight excluding hydrogens is 412 g/mol. The first-order chi connectivity index (χ1) is 15.5. The Balaban J connectivity index is 1.55. The van der Waals surface area contributed by atoms with Gasteiger partial charge in [-0.3, -0.25) is 0 Å². The maximum Gasteiger partial charge on any atom is 0.308 e. The zero-order valence-electron chi connectivity index (χ0n) is 18.1. The van der Waals surface area contributed by atoms with Gasteiger partial charge in [0.2, 0.25) is 5.82 Å². The number of nitrogens with one attached hydrogen (secondary N) is 1. The number of halogens is 2. The van der Waals surface area contributed by atoms with Gasteiger partial charge in [-0.05, 0) is 46.0 Å². The lowest BCUT2D eigenvalue weighted by molar-refractivity contribution is -0.0232. The molecule has 4 aromatic rings. The lowest BCUT2D eigenvalue weighted by atomic mass is 10.0. The summed E-state index contributed by atoms with van der Waals surface area (Å²) in [6.45, 7) is 4.13. The molecule has 9 heteroatoms. The number of H-pyrrole nitrogens is 1. The van der Waals surface area contributed by atoms with Crippen molar-refractivity contribution >= 4 is 0 Å². The van der Waals surface area contributed by atoms with E-state index in [0.29, 0.717) is 31.0 Å². The number of alkyl halides is 2. The standard InChI is InChI=1S/C23H25F2N7/c1-3-6-20-26-22(23(24,25)13-4-2)29-32(20)15-16-9-11-17(12-10-16)18-7-5-8-19(14-18)21-27-30-31-28-21/h5,7-12,14H,3-4,6,13,15H2,1-2H3,(H,27,28,30,31). The molecule has 7 nitrogen and oxygen atoms in total. The molecule has 0 amide bonds. The van der Waals surface area contributed by atoms with Crippen molar-refractivity contribution in [1.29, 1.82) is 0 Å². The summed E-state index contributed by atoms with van der Waals surface area (Å²) in [7, 11) is 0. The van der Waals surface area contributed by atoms with Crippen LogP contribution in [0.1, 0.15) is 50.3 Å². The zero-order valence-corrected chi connectivity index (χ0v) is 18.1. The van der Waals surface area contributed by atoms with Crippen molar-refractivity contribution in [1.82, 2.24) is 35.4 Å². The Hall–Kier alpha value is -3.49. The van der Waals surface area contributed by atoms with E-state index < -0.39 is 5.92 Å². The van der Waals surface area contributed by atoms with Gasteiger partial charge in [0.1, 0.15) is 5.82 Å². The number of hydrogen-bond acceptors (Lipinski definition) is 5. The fourth-order valence-corrected chi connectivity index (χ4v) is 3.59. The lowest BCUT2D eigenvalue weighted by Gasteiger charge is -2.10. The molecule has 0 fully saturated rings. The van der Waals surface area contributed by atoms with E-state index in [-0.39, 0.29) is 12.2 Å². The maximum absolute atomic E-state index is 14.4. The molecule has 0 unspecified atom stereocenters. The predicted molar refractivity (Wildman–Crippen MR) is 117 cm³/mol. The molecule has 1 N–H and O–H groups in total. The molecule has 4 rings (SSSR count). The summed E-state index contributed by atoms with van der Waals surface area (Å²) in [6, 6.07) is 15.9. The van der Waals surface area contributed by atoms with Crippen LogP contribution >= 0.6 is 0 Å². The van der Waals surface area contributed by atoms with Gasteiger partial charge in [0.15, 0.2) is 5.82 Å². The van der Waals surface area contributed by atoms with Crippen LogP contribution in [0.25, 0.3) is 22.5 Å². The van der Waals surface area contributed by atoms with Crippen LogP contribution in [0.3, 0.4) is 0 Å². The van der Waals surface area contributed by atoms with Gasteiger partial charge in [0, 0.05) is 18.4 Å². The molecule has 0 aliphatic carbocycles. The summed E-state index contributed by atoms with van der Waals surface area (Å²) in [5.41, 5.74) is 3.92. The van der Waals surface area contributed by atoms with Crippen LogP contribution in [0.2, 0.25) is 0 Å². The highest BCUT2D eigenvalue weighted by molar-refractivity contribution is 5.70. The average Bonchev–Trinajstić information content (AvgIpc) is 3.46. The van der Waals surface area contributed by atoms with Crippen LogP contribution in [0.15, 0.2) is 48.5 Å². The van der Waals surface area contributed by atoms with Crippen molar-refractivity contribution in [3.05, 3.63) is 65.7 Å². The number of benzene rings is 2. The summed E-state index contributed by atoms with van der Waals surface area (Å²) in [6.07, 6.45) is 1.55. The number of aromatic nitrogens is 7. The number of tetrazole rings is 1. The summed E-state index contributed by atoms with van der Waals surface area (Å²) >= 11 is 0. The number of hydrogen-bond donors (Lipinski definition) is 1. The lowest BCUT2D eigenvalue weighted by Crippen LogP contribution is -2.15. The van der Waals surface area contributed by atoms with Crippen LogP contribution in [0.5, 0.6) is 0 Å². The largest absolute Gasteiger partial charge is 0.308 e. The molecular formula is C23H25F2N7.